The lowest BCUT2D eigenvalue weighted by Gasteiger charge is -2.36. The van der Waals surface area contributed by atoms with Crippen molar-refractivity contribution >= 4 is 21.9 Å². The molecule has 3 rings (SSSR count). The first-order valence-corrected chi connectivity index (χ1v) is 10.6. The molecule has 1 spiro atoms. The van der Waals surface area contributed by atoms with Crippen molar-refractivity contribution in [3.8, 4) is 0 Å². The van der Waals surface area contributed by atoms with Gasteiger partial charge in [-0.1, -0.05) is 6.07 Å². The van der Waals surface area contributed by atoms with Crippen LogP contribution in [0.4, 0.5) is 13.2 Å². The number of carboxylic acid groups (broad SMARTS) is 1. The van der Waals surface area contributed by atoms with E-state index in [1.807, 2.05) is 23.1 Å². The Kier molecular flexibility index (Phi) is 6.89. The number of carbonyl (C=O) groups is 2. The molecule has 29 heavy (non-hydrogen) atoms. The first-order valence-electron chi connectivity index (χ1n) is 8.80. The second-order valence-electron chi connectivity index (χ2n) is 7.04. The van der Waals surface area contributed by atoms with E-state index in [1.54, 1.807) is 6.20 Å². The summed E-state index contributed by atoms with van der Waals surface area (Å²) in [6.07, 6.45) is -0.0589. The van der Waals surface area contributed by atoms with E-state index < -0.39 is 22.2 Å². The number of carboxylic acids is 1. The lowest BCUT2D eigenvalue weighted by atomic mass is 9.77. The van der Waals surface area contributed by atoms with Gasteiger partial charge in [0.05, 0.1) is 23.9 Å². The fourth-order valence-electron chi connectivity index (χ4n) is 3.44. The number of hydrogen-bond acceptors (Lipinski definition) is 5. The maximum absolute atomic E-state index is 12.8. The fraction of sp³-hybridized carbons (Fsp3) is 0.588. The number of aromatic nitrogens is 1. The van der Waals surface area contributed by atoms with Crippen molar-refractivity contribution in [1.82, 2.24) is 14.2 Å². The molecule has 0 unspecified atom stereocenters. The van der Waals surface area contributed by atoms with Gasteiger partial charge in [0.15, 0.2) is 0 Å². The predicted molar refractivity (Wildman–Crippen MR) is 96.0 cm³/mol. The molecule has 1 amide bonds. The summed E-state index contributed by atoms with van der Waals surface area (Å²) in [5, 5.41) is 7.12. The van der Waals surface area contributed by atoms with Crippen LogP contribution < -0.4 is 0 Å². The number of hydrogen-bond donors (Lipinski definition) is 1. The molecule has 2 saturated heterocycles. The van der Waals surface area contributed by atoms with Gasteiger partial charge in [-0.15, -0.1) is 0 Å². The van der Waals surface area contributed by atoms with E-state index in [0.717, 1.165) is 18.7 Å². The minimum Gasteiger partial charge on any atom is -0.475 e. The quantitative estimate of drug-likeness (QED) is 0.768. The molecule has 8 nitrogen and oxygen atoms in total. The van der Waals surface area contributed by atoms with Gasteiger partial charge in [-0.3, -0.25) is 9.78 Å². The van der Waals surface area contributed by atoms with Crippen molar-refractivity contribution in [2.24, 2.45) is 5.41 Å². The molecule has 1 aromatic heterocycles. The Morgan fingerprint density at radius 1 is 1.21 bits per heavy atom. The Morgan fingerprint density at radius 3 is 2.21 bits per heavy atom. The van der Waals surface area contributed by atoms with Crippen molar-refractivity contribution in [2.75, 3.05) is 25.9 Å². The highest BCUT2D eigenvalue weighted by atomic mass is 32.2. The zero-order valence-corrected chi connectivity index (χ0v) is 16.5. The van der Waals surface area contributed by atoms with E-state index in [2.05, 4.69) is 4.98 Å². The molecule has 12 heteroatoms. The summed E-state index contributed by atoms with van der Waals surface area (Å²) in [4.78, 5) is 27.8. The molecular weight excluding hydrogens is 415 g/mol. The number of carbonyl (C=O) groups excluding carboxylic acids is 1. The Hall–Kier alpha value is -2.21. The van der Waals surface area contributed by atoms with Crippen molar-refractivity contribution in [2.45, 2.75) is 32.0 Å². The molecule has 0 bridgehead atoms. The molecule has 0 aliphatic carbocycles. The number of piperidine rings is 1. The summed E-state index contributed by atoms with van der Waals surface area (Å²) < 4.78 is 56.4. The largest absolute Gasteiger partial charge is 0.490 e. The molecule has 2 aliphatic heterocycles. The molecule has 162 valence electrons. The van der Waals surface area contributed by atoms with Gasteiger partial charge in [0, 0.05) is 25.8 Å². The summed E-state index contributed by atoms with van der Waals surface area (Å²) >= 11 is 0. The molecule has 0 saturated carbocycles. The number of likely N-dealkylation sites (tertiary alicyclic amines) is 1. The third kappa shape index (κ3) is 5.89. The number of aliphatic carboxylic acids is 1. The summed E-state index contributed by atoms with van der Waals surface area (Å²) in [7, 11) is -3.15. The second kappa shape index (κ2) is 8.66. The summed E-state index contributed by atoms with van der Waals surface area (Å²) in [6, 6.07) is 5.70. The van der Waals surface area contributed by atoms with Crippen LogP contribution in [0.2, 0.25) is 0 Å². The van der Waals surface area contributed by atoms with Crippen molar-refractivity contribution < 1.29 is 36.3 Å². The molecule has 0 aromatic carbocycles. The lowest BCUT2D eigenvalue weighted by Crippen LogP contribution is -2.46. The first kappa shape index (κ1) is 23.1. The Labute approximate surface area is 166 Å². The Balaban J connectivity index is 0.000000370. The van der Waals surface area contributed by atoms with E-state index in [-0.39, 0.29) is 11.3 Å². The summed E-state index contributed by atoms with van der Waals surface area (Å²) in [6.45, 7) is 2.16. The summed E-state index contributed by atoms with van der Waals surface area (Å²) in [5.74, 6) is -2.60. The van der Waals surface area contributed by atoms with Gasteiger partial charge in [0.1, 0.15) is 0 Å². The molecule has 2 fully saturated rings. The van der Waals surface area contributed by atoms with Crippen LogP contribution in [0.3, 0.4) is 0 Å². The molecular formula is C17H22F3N3O5S. The first-order chi connectivity index (χ1) is 13.3. The van der Waals surface area contributed by atoms with E-state index in [9.17, 15) is 26.4 Å². The van der Waals surface area contributed by atoms with Gasteiger partial charge in [-0.25, -0.2) is 17.5 Å². The number of pyridine rings is 1. The van der Waals surface area contributed by atoms with Crippen LogP contribution in [-0.4, -0.2) is 71.7 Å². The SMILES string of the molecule is CS(=O)(=O)N1CCC2(CCN(Cc3ccccn3)C2=O)CC1.O=C(O)C(F)(F)F. The van der Waals surface area contributed by atoms with Crippen LogP contribution in [0.1, 0.15) is 25.0 Å². The van der Waals surface area contributed by atoms with Gasteiger partial charge in [-0.05, 0) is 31.4 Å². The highest BCUT2D eigenvalue weighted by Crippen LogP contribution is 2.42. The zero-order valence-electron chi connectivity index (χ0n) is 15.7. The van der Waals surface area contributed by atoms with Crippen LogP contribution in [0, 0.1) is 5.41 Å². The van der Waals surface area contributed by atoms with E-state index in [4.69, 9.17) is 9.90 Å². The van der Waals surface area contributed by atoms with Crippen molar-refractivity contribution in [1.29, 1.82) is 0 Å². The average molecular weight is 437 g/mol. The molecule has 3 heterocycles. The Morgan fingerprint density at radius 2 is 1.76 bits per heavy atom. The molecule has 1 N–H and O–H groups in total. The molecule has 0 atom stereocenters. The topological polar surface area (TPSA) is 108 Å². The van der Waals surface area contributed by atoms with E-state index in [1.165, 1.54) is 10.6 Å². The smallest absolute Gasteiger partial charge is 0.475 e. The second-order valence-corrected chi connectivity index (χ2v) is 9.03. The molecule has 1 aromatic rings. The number of halogens is 3. The minimum atomic E-state index is -5.08. The highest BCUT2D eigenvalue weighted by molar-refractivity contribution is 7.88. The fourth-order valence-corrected chi connectivity index (χ4v) is 4.29. The number of amides is 1. The number of rotatable bonds is 3. The predicted octanol–water partition coefficient (Wildman–Crippen LogP) is 1.49. The minimum absolute atomic E-state index is 0.159. The third-order valence-corrected chi connectivity index (χ3v) is 6.37. The van der Waals surface area contributed by atoms with Crippen molar-refractivity contribution in [3.63, 3.8) is 0 Å². The van der Waals surface area contributed by atoms with E-state index in [0.29, 0.717) is 32.5 Å². The normalized spacial score (nSPS) is 19.7. The van der Waals surface area contributed by atoms with E-state index >= 15 is 0 Å². The molecule has 2 aliphatic rings. The summed E-state index contributed by atoms with van der Waals surface area (Å²) in [5.41, 5.74) is 0.525. The highest BCUT2D eigenvalue weighted by Gasteiger charge is 2.48. The average Bonchev–Trinajstić information content (AvgIpc) is 2.92. The number of sulfonamides is 1. The zero-order chi connectivity index (χ0) is 21.9. The van der Waals surface area contributed by atoms with Gasteiger partial charge in [0.25, 0.3) is 0 Å². The number of alkyl halides is 3. The standard InChI is InChI=1S/C15H21N3O3S.C2HF3O2/c1-22(20,21)18-10-6-15(7-11-18)5-9-17(14(15)19)12-13-4-2-3-8-16-13;3-2(4,5)1(6)7/h2-4,8H,5-7,9-12H2,1H3;(H,6,7). The maximum Gasteiger partial charge on any atom is 0.490 e. The van der Waals surface area contributed by atoms with Crippen LogP contribution in [0.15, 0.2) is 24.4 Å². The van der Waals surface area contributed by atoms with Crippen LogP contribution in [0.5, 0.6) is 0 Å². The monoisotopic (exact) mass is 437 g/mol. The van der Waals surface area contributed by atoms with Crippen LogP contribution in [-0.2, 0) is 26.2 Å². The van der Waals surface area contributed by atoms with Crippen LogP contribution in [0.25, 0.3) is 0 Å². The number of nitrogens with zero attached hydrogens (tertiary/aromatic N) is 3. The van der Waals surface area contributed by atoms with Gasteiger partial charge in [-0.2, -0.15) is 13.2 Å². The third-order valence-electron chi connectivity index (χ3n) is 5.07. The maximum atomic E-state index is 12.8. The Bertz CT molecular complexity index is 838. The van der Waals surface area contributed by atoms with Gasteiger partial charge >= 0.3 is 12.1 Å². The van der Waals surface area contributed by atoms with Gasteiger partial charge < -0.3 is 10.0 Å². The molecule has 0 radical (unpaired) electrons. The van der Waals surface area contributed by atoms with Gasteiger partial charge in [0.2, 0.25) is 15.9 Å². The van der Waals surface area contributed by atoms with Crippen LogP contribution >= 0.6 is 0 Å². The lowest BCUT2D eigenvalue weighted by molar-refractivity contribution is -0.192. The van der Waals surface area contributed by atoms with Crippen molar-refractivity contribution in [3.05, 3.63) is 30.1 Å².